The Hall–Kier alpha value is -2.86. The van der Waals surface area contributed by atoms with Crippen LogP contribution in [-0.2, 0) is 14.3 Å². The molecular weight excluding hydrogens is 380 g/mol. The van der Waals surface area contributed by atoms with Crippen LogP contribution in [0.4, 0.5) is 5.69 Å². The predicted molar refractivity (Wildman–Crippen MR) is 109 cm³/mol. The number of amides is 2. The maximum absolute atomic E-state index is 11.9. The molecule has 2 N–H and O–H groups in total. The molecule has 0 bridgehead atoms. The summed E-state index contributed by atoms with van der Waals surface area (Å²) in [4.78, 5) is 35.5. The van der Waals surface area contributed by atoms with Crippen molar-refractivity contribution in [3.8, 4) is 0 Å². The largest absolute Gasteiger partial charge is 0.456 e. The summed E-state index contributed by atoms with van der Waals surface area (Å²) in [5.74, 6) is -1.12. The lowest BCUT2D eigenvalue weighted by Gasteiger charge is -2.09. The van der Waals surface area contributed by atoms with Crippen molar-refractivity contribution < 1.29 is 19.1 Å². The van der Waals surface area contributed by atoms with Crippen LogP contribution in [0.3, 0.4) is 0 Å². The highest BCUT2D eigenvalue weighted by Crippen LogP contribution is 2.14. The van der Waals surface area contributed by atoms with E-state index in [9.17, 15) is 14.4 Å². The molecule has 0 aliphatic carbocycles. The number of esters is 1. The highest BCUT2D eigenvalue weighted by atomic mass is 35.5. The standard InChI is InChI=1S/C21H23ClN2O4/c1-14-5-10-18(12-15(14)2)24-19(25)13-28-20(26)4-3-11-23-21(27)16-6-8-17(22)9-7-16/h5-10,12H,3-4,11,13H2,1-2H3,(H,23,27)(H,24,25). The summed E-state index contributed by atoms with van der Waals surface area (Å²) in [5, 5.41) is 5.96. The van der Waals surface area contributed by atoms with Gasteiger partial charge in [-0.3, -0.25) is 14.4 Å². The molecule has 0 unspecified atom stereocenters. The Labute approximate surface area is 169 Å². The van der Waals surface area contributed by atoms with Crippen molar-refractivity contribution in [1.29, 1.82) is 0 Å². The smallest absolute Gasteiger partial charge is 0.306 e. The van der Waals surface area contributed by atoms with Crippen LogP contribution in [-0.4, -0.2) is 30.9 Å². The van der Waals surface area contributed by atoms with Gasteiger partial charge in [0.25, 0.3) is 11.8 Å². The molecular formula is C21H23ClN2O4. The van der Waals surface area contributed by atoms with Crippen molar-refractivity contribution in [2.45, 2.75) is 26.7 Å². The van der Waals surface area contributed by atoms with Gasteiger partial charge >= 0.3 is 5.97 Å². The normalized spacial score (nSPS) is 10.2. The Morgan fingerprint density at radius 3 is 2.39 bits per heavy atom. The fourth-order valence-corrected chi connectivity index (χ4v) is 2.50. The molecule has 0 aliphatic heterocycles. The van der Waals surface area contributed by atoms with Crippen LogP contribution in [0.1, 0.15) is 34.3 Å². The second-order valence-electron chi connectivity index (χ2n) is 6.37. The van der Waals surface area contributed by atoms with E-state index in [0.29, 0.717) is 29.2 Å². The highest BCUT2D eigenvalue weighted by molar-refractivity contribution is 6.30. The van der Waals surface area contributed by atoms with Crippen LogP contribution in [0.5, 0.6) is 0 Å². The lowest BCUT2D eigenvalue weighted by molar-refractivity contribution is -0.147. The van der Waals surface area contributed by atoms with Crippen molar-refractivity contribution in [3.63, 3.8) is 0 Å². The van der Waals surface area contributed by atoms with E-state index in [-0.39, 0.29) is 18.9 Å². The molecule has 2 aromatic rings. The Balaban J connectivity index is 1.62. The fourth-order valence-electron chi connectivity index (χ4n) is 2.37. The van der Waals surface area contributed by atoms with E-state index in [0.717, 1.165) is 11.1 Å². The van der Waals surface area contributed by atoms with Crippen LogP contribution in [0.25, 0.3) is 0 Å². The number of nitrogens with one attached hydrogen (secondary N) is 2. The second-order valence-corrected chi connectivity index (χ2v) is 6.81. The molecule has 148 valence electrons. The predicted octanol–water partition coefficient (Wildman–Crippen LogP) is 3.65. The summed E-state index contributed by atoms with van der Waals surface area (Å²) in [5.41, 5.74) is 3.35. The molecule has 0 fully saturated rings. The third kappa shape index (κ3) is 7.04. The highest BCUT2D eigenvalue weighted by Gasteiger charge is 2.09. The Morgan fingerprint density at radius 1 is 1.00 bits per heavy atom. The summed E-state index contributed by atoms with van der Waals surface area (Å²) in [6, 6.07) is 12.1. The van der Waals surface area contributed by atoms with Crippen LogP contribution < -0.4 is 10.6 Å². The molecule has 28 heavy (non-hydrogen) atoms. The lowest BCUT2D eigenvalue weighted by atomic mass is 10.1. The summed E-state index contributed by atoms with van der Waals surface area (Å²) in [6.07, 6.45) is 0.523. The van der Waals surface area contributed by atoms with Crippen LogP contribution in [0.15, 0.2) is 42.5 Å². The monoisotopic (exact) mass is 402 g/mol. The molecule has 0 aliphatic rings. The van der Waals surface area contributed by atoms with Gasteiger partial charge in [-0.2, -0.15) is 0 Å². The maximum atomic E-state index is 11.9. The van der Waals surface area contributed by atoms with Gasteiger partial charge in [-0.05, 0) is 67.8 Å². The molecule has 2 amide bonds. The molecule has 0 saturated heterocycles. The van der Waals surface area contributed by atoms with Gasteiger partial charge in [0.1, 0.15) is 0 Å². The van der Waals surface area contributed by atoms with Gasteiger partial charge in [0, 0.05) is 29.2 Å². The zero-order chi connectivity index (χ0) is 20.5. The van der Waals surface area contributed by atoms with E-state index >= 15 is 0 Å². The number of ether oxygens (including phenoxy) is 1. The number of aryl methyl sites for hydroxylation is 2. The first-order valence-electron chi connectivity index (χ1n) is 8.91. The zero-order valence-corrected chi connectivity index (χ0v) is 16.6. The quantitative estimate of drug-likeness (QED) is 0.521. The number of anilines is 1. The average Bonchev–Trinajstić information content (AvgIpc) is 2.67. The maximum Gasteiger partial charge on any atom is 0.306 e. The van der Waals surface area contributed by atoms with Crippen molar-refractivity contribution in [3.05, 3.63) is 64.2 Å². The van der Waals surface area contributed by atoms with Crippen molar-refractivity contribution in [2.24, 2.45) is 0 Å². The van der Waals surface area contributed by atoms with Gasteiger partial charge in [-0.25, -0.2) is 0 Å². The van der Waals surface area contributed by atoms with Crippen LogP contribution in [0, 0.1) is 13.8 Å². The van der Waals surface area contributed by atoms with Crippen LogP contribution >= 0.6 is 11.6 Å². The number of benzene rings is 2. The van der Waals surface area contributed by atoms with Gasteiger partial charge in [0.15, 0.2) is 6.61 Å². The van der Waals surface area contributed by atoms with E-state index in [1.54, 1.807) is 30.3 Å². The Morgan fingerprint density at radius 2 is 1.71 bits per heavy atom. The first kappa shape index (κ1) is 21.4. The van der Waals surface area contributed by atoms with E-state index in [1.807, 2.05) is 26.0 Å². The Kier molecular flexibility index (Phi) is 8.02. The fraction of sp³-hybridized carbons (Fsp3) is 0.286. The molecule has 0 radical (unpaired) electrons. The summed E-state index contributed by atoms with van der Waals surface area (Å²) < 4.78 is 4.96. The Bertz CT molecular complexity index is 850. The van der Waals surface area contributed by atoms with Crippen molar-refractivity contribution in [2.75, 3.05) is 18.5 Å². The average molecular weight is 403 g/mol. The SMILES string of the molecule is Cc1ccc(NC(=O)COC(=O)CCCNC(=O)c2ccc(Cl)cc2)cc1C. The molecule has 0 spiro atoms. The van der Waals surface area contributed by atoms with E-state index in [2.05, 4.69) is 10.6 Å². The van der Waals surface area contributed by atoms with E-state index in [4.69, 9.17) is 16.3 Å². The van der Waals surface area contributed by atoms with E-state index < -0.39 is 11.9 Å². The molecule has 2 aromatic carbocycles. The molecule has 7 heteroatoms. The third-order valence-electron chi connectivity index (χ3n) is 4.10. The van der Waals surface area contributed by atoms with Gasteiger partial charge in [0.05, 0.1) is 0 Å². The molecule has 0 atom stereocenters. The number of carbonyl (C=O) groups is 3. The first-order valence-corrected chi connectivity index (χ1v) is 9.29. The lowest BCUT2D eigenvalue weighted by Crippen LogP contribution is -2.25. The van der Waals surface area contributed by atoms with Crippen LogP contribution in [0.2, 0.25) is 5.02 Å². The minimum atomic E-state index is -0.490. The van der Waals surface area contributed by atoms with Gasteiger partial charge < -0.3 is 15.4 Å². The number of carbonyl (C=O) groups excluding carboxylic acids is 3. The van der Waals surface area contributed by atoms with Gasteiger partial charge in [-0.15, -0.1) is 0 Å². The minimum absolute atomic E-state index is 0.109. The number of rotatable bonds is 8. The topological polar surface area (TPSA) is 84.5 Å². The van der Waals surface area contributed by atoms with Crippen molar-refractivity contribution >= 4 is 35.1 Å². The van der Waals surface area contributed by atoms with Crippen molar-refractivity contribution in [1.82, 2.24) is 5.32 Å². The van der Waals surface area contributed by atoms with E-state index in [1.165, 1.54) is 0 Å². The minimum Gasteiger partial charge on any atom is -0.456 e. The van der Waals surface area contributed by atoms with Gasteiger partial charge in [-0.1, -0.05) is 17.7 Å². The summed E-state index contributed by atoms with van der Waals surface area (Å²) in [6.45, 7) is 3.92. The number of hydrogen-bond acceptors (Lipinski definition) is 4. The summed E-state index contributed by atoms with van der Waals surface area (Å²) in [7, 11) is 0. The zero-order valence-electron chi connectivity index (χ0n) is 15.9. The summed E-state index contributed by atoms with van der Waals surface area (Å²) >= 11 is 5.78. The third-order valence-corrected chi connectivity index (χ3v) is 4.36. The number of halogens is 1. The molecule has 6 nitrogen and oxygen atoms in total. The van der Waals surface area contributed by atoms with Gasteiger partial charge in [0.2, 0.25) is 0 Å². The second kappa shape index (κ2) is 10.5. The number of hydrogen-bond donors (Lipinski definition) is 2. The molecule has 0 heterocycles. The first-order chi connectivity index (χ1) is 13.3. The molecule has 2 rings (SSSR count). The molecule has 0 aromatic heterocycles. The molecule has 0 saturated carbocycles.